The molecule has 0 aromatic heterocycles. The van der Waals surface area contributed by atoms with Gasteiger partial charge >= 0.3 is 11.9 Å². The summed E-state index contributed by atoms with van der Waals surface area (Å²) < 4.78 is 16.3. The van der Waals surface area contributed by atoms with Gasteiger partial charge in [0.1, 0.15) is 19.0 Å². The largest absolute Gasteiger partial charge is 0.497 e. The fourth-order valence-corrected chi connectivity index (χ4v) is 9.95. The third-order valence-corrected chi connectivity index (χ3v) is 11.8. The number of hydrogen-bond donors (Lipinski definition) is 0. The van der Waals surface area contributed by atoms with Crippen LogP contribution in [0.1, 0.15) is 75.3 Å². The second kappa shape index (κ2) is 16.2. The molecular weight excluding hydrogens is 509 g/mol. The van der Waals surface area contributed by atoms with Crippen molar-refractivity contribution in [2.45, 2.75) is 87.9 Å². The summed E-state index contributed by atoms with van der Waals surface area (Å²) in [5, 5.41) is 1.50. The van der Waals surface area contributed by atoms with Gasteiger partial charge in [0.25, 0.3) is 0 Å². The standard InChI is InChI=1S/C25H36O5S4/c1-28-21-15-19(17-29-24(26)8-4-2-6-22-10-12-31-33-22)14-20(16-21)18-30-25(27)9-5-3-7-23-11-13-32-34-23/h14-16,22-23H,2-13,17-18H2,1H3. The number of hydrogen-bond acceptors (Lipinski definition) is 9. The molecule has 5 nitrogen and oxygen atoms in total. The zero-order chi connectivity index (χ0) is 24.0. The van der Waals surface area contributed by atoms with Gasteiger partial charge in [-0.25, -0.2) is 0 Å². The van der Waals surface area contributed by atoms with Crippen LogP contribution in [0.4, 0.5) is 0 Å². The Morgan fingerprint density at radius 2 is 1.29 bits per heavy atom. The van der Waals surface area contributed by atoms with Gasteiger partial charge in [0.2, 0.25) is 0 Å². The summed E-state index contributed by atoms with van der Waals surface area (Å²) >= 11 is 0. The molecule has 1 aromatic rings. The molecule has 9 heteroatoms. The highest BCUT2D eigenvalue weighted by Crippen LogP contribution is 2.40. The van der Waals surface area contributed by atoms with E-state index in [2.05, 4.69) is 0 Å². The molecule has 190 valence electrons. The minimum atomic E-state index is -0.168. The summed E-state index contributed by atoms with van der Waals surface area (Å²) in [7, 11) is 9.48. The van der Waals surface area contributed by atoms with Crippen LogP contribution in [0.25, 0.3) is 0 Å². The number of methoxy groups -OCH3 is 1. The molecule has 34 heavy (non-hydrogen) atoms. The van der Waals surface area contributed by atoms with E-state index in [1.165, 1.54) is 37.2 Å². The number of rotatable bonds is 15. The van der Waals surface area contributed by atoms with E-state index in [0.717, 1.165) is 47.3 Å². The summed E-state index contributed by atoms with van der Waals surface area (Å²) in [6.45, 7) is 0.396. The lowest BCUT2D eigenvalue weighted by Crippen LogP contribution is -2.07. The SMILES string of the molecule is COc1cc(COC(=O)CCCCC2CCSS2)cc(COC(=O)CCCCC2CCSS2)c1. The molecule has 0 N–H and O–H groups in total. The lowest BCUT2D eigenvalue weighted by Gasteiger charge is -2.11. The van der Waals surface area contributed by atoms with E-state index in [1.807, 2.05) is 61.4 Å². The highest BCUT2D eigenvalue weighted by atomic mass is 33.1. The molecule has 2 aliphatic heterocycles. The van der Waals surface area contributed by atoms with E-state index >= 15 is 0 Å². The van der Waals surface area contributed by atoms with Gasteiger partial charge in [0, 0.05) is 34.8 Å². The molecule has 0 aliphatic carbocycles. The monoisotopic (exact) mass is 544 g/mol. The summed E-state index contributed by atoms with van der Waals surface area (Å²) in [4.78, 5) is 24.3. The number of esters is 2. The number of carbonyl (C=O) groups is 2. The predicted molar refractivity (Wildman–Crippen MR) is 146 cm³/mol. The molecule has 3 rings (SSSR count). The van der Waals surface area contributed by atoms with E-state index < -0.39 is 0 Å². The van der Waals surface area contributed by atoms with Crippen LogP contribution >= 0.6 is 43.2 Å². The molecule has 0 bridgehead atoms. The van der Waals surface area contributed by atoms with Crippen LogP contribution in [0, 0.1) is 0 Å². The van der Waals surface area contributed by atoms with Gasteiger partial charge in [-0.2, -0.15) is 0 Å². The average Bonchev–Trinajstić information content (AvgIpc) is 3.56. The molecule has 2 fully saturated rings. The minimum absolute atomic E-state index is 0.168. The molecule has 0 radical (unpaired) electrons. The third kappa shape index (κ3) is 11.0. The first-order valence-corrected chi connectivity index (χ1v) is 16.9. The van der Waals surface area contributed by atoms with Crippen molar-refractivity contribution in [1.82, 2.24) is 0 Å². The van der Waals surface area contributed by atoms with E-state index in [1.54, 1.807) is 7.11 Å². The van der Waals surface area contributed by atoms with Crippen molar-refractivity contribution in [3.63, 3.8) is 0 Å². The Hall–Kier alpha value is -0.640. The first kappa shape index (κ1) is 27.9. The third-order valence-electron chi connectivity index (χ3n) is 5.83. The number of ether oxygens (including phenoxy) is 3. The predicted octanol–water partition coefficient (Wildman–Crippen LogP) is 7.21. The maximum absolute atomic E-state index is 12.1. The second-order valence-corrected chi connectivity index (χ2v) is 14.2. The van der Waals surface area contributed by atoms with Crippen molar-refractivity contribution < 1.29 is 23.8 Å². The Morgan fingerprint density at radius 1 is 0.794 bits per heavy atom. The molecule has 2 unspecified atom stereocenters. The number of benzene rings is 1. The fraction of sp³-hybridized carbons (Fsp3) is 0.680. The van der Waals surface area contributed by atoms with Crippen molar-refractivity contribution >= 4 is 55.1 Å². The molecule has 2 saturated heterocycles. The average molecular weight is 545 g/mol. The maximum Gasteiger partial charge on any atom is 0.306 e. The van der Waals surface area contributed by atoms with Gasteiger partial charge < -0.3 is 14.2 Å². The Bertz CT molecular complexity index is 705. The second-order valence-electron chi connectivity index (χ2n) is 8.66. The molecule has 1 aromatic carbocycles. The summed E-state index contributed by atoms with van der Waals surface area (Å²) in [6.07, 6.45) is 9.73. The van der Waals surface area contributed by atoms with E-state index in [4.69, 9.17) is 14.2 Å². The number of unbranched alkanes of at least 4 members (excludes halogenated alkanes) is 2. The number of carbonyl (C=O) groups excluding carboxylic acids is 2. The Labute approximate surface area is 219 Å². The minimum Gasteiger partial charge on any atom is -0.497 e. The van der Waals surface area contributed by atoms with Crippen LogP contribution in [0.5, 0.6) is 5.75 Å². The smallest absolute Gasteiger partial charge is 0.306 e. The maximum atomic E-state index is 12.1. The lowest BCUT2D eigenvalue weighted by atomic mass is 10.1. The van der Waals surface area contributed by atoms with Gasteiger partial charge in [0.15, 0.2) is 0 Å². The van der Waals surface area contributed by atoms with Crippen LogP contribution in [-0.4, -0.2) is 41.1 Å². The zero-order valence-electron chi connectivity index (χ0n) is 20.0. The quantitative estimate of drug-likeness (QED) is 0.129. The fourth-order valence-electron chi connectivity index (χ4n) is 3.90. The van der Waals surface area contributed by atoms with Crippen molar-refractivity contribution in [3.05, 3.63) is 29.3 Å². The highest BCUT2D eigenvalue weighted by molar-refractivity contribution is 8.77. The van der Waals surface area contributed by atoms with Crippen molar-refractivity contribution in [1.29, 1.82) is 0 Å². The van der Waals surface area contributed by atoms with Gasteiger partial charge in [0.05, 0.1) is 7.11 Å². The molecule has 0 saturated carbocycles. The van der Waals surface area contributed by atoms with Crippen LogP contribution < -0.4 is 4.74 Å². The molecular formula is C25H36O5S4. The zero-order valence-corrected chi connectivity index (χ0v) is 23.2. The Morgan fingerprint density at radius 3 is 1.71 bits per heavy atom. The lowest BCUT2D eigenvalue weighted by molar-refractivity contribution is -0.145. The van der Waals surface area contributed by atoms with Crippen LogP contribution in [0.3, 0.4) is 0 Å². The Balaban J connectivity index is 1.32. The van der Waals surface area contributed by atoms with Gasteiger partial charge in [-0.1, -0.05) is 56.0 Å². The summed E-state index contributed by atoms with van der Waals surface area (Å²) in [5.74, 6) is 2.83. The topological polar surface area (TPSA) is 61.8 Å². The van der Waals surface area contributed by atoms with Crippen molar-refractivity contribution in [3.8, 4) is 5.75 Å². The van der Waals surface area contributed by atoms with E-state index in [9.17, 15) is 9.59 Å². The van der Waals surface area contributed by atoms with Crippen molar-refractivity contribution in [2.24, 2.45) is 0 Å². The molecule has 2 aliphatic rings. The van der Waals surface area contributed by atoms with Crippen LogP contribution in [-0.2, 0) is 32.3 Å². The van der Waals surface area contributed by atoms with Crippen LogP contribution in [0.15, 0.2) is 18.2 Å². The highest BCUT2D eigenvalue weighted by Gasteiger charge is 2.17. The normalized spacial score (nSPS) is 19.8. The first-order chi connectivity index (χ1) is 16.6. The molecule has 2 atom stereocenters. The van der Waals surface area contributed by atoms with E-state index in [0.29, 0.717) is 18.6 Å². The molecule has 0 spiro atoms. The van der Waals surface area contributed by atoms with Gasteiger partial charge in [-0.05, 0) is 67.9 Å². The van der Waals surface area contributed by atoms with E-state index in [-0.39, 0.29) is 25.2 Å². The Kier molecular flexibility index (Phi) is 13.3. The molecule has 0 amide bonds. The van der Waals surface area contributed by atoms with Gasteiger partial charge in [-0.3, -0.25) is 9.59 Å². The molecule has 2 heterocycles. The first-order valence-electron chi connectivity index (χ1n) is 12.2. The summed E-state index contributed by atoms with van der Waals surface area (Å²) in [6, 6.07) is 5.62. The van der Waals surface area contributed by atoms with Gasteiger partial charge in [-0.15, -0.1) is 0 Å². The summed E-state index contributed by atoms with van der Waals surface area (Å²) in [5.41, 5.74) is 1.68. The van der Waals surface area contributed by atoms with Crippen molar-refractivity contribution in [2.75, 3.05) is 18.6 Å². The van der Waals surface area contributed by atoms with Crippen LogP contribution in [0.2, 0.25) is 0 Å².